The first kappa shape index (κ1) is 14.5. The molecule has 4 heteroatoms. The summed E-state index contributed by atoms with van der Waals surface area (Å²) in [4.78, 5) is 16.7. The summed E-state index contributed by atoms with van der Waals surface area (Å²) in [6.45, 7) is 0.839. The fraction of sp³-hybridized carbons (Fsp3) is 0.474. The maximum absolute atomic E-state index is 12.4. The Labute approximate surface area is 136 Å². The van der Waals surface area contributed by atoms with Gasteiger partial charge >= 0.3 is 0 Å². The molecule has 0 unspecified atom stereocenters. The molecule has 23 heavy (non-hydrogen) atoms. The van der Waals surface area contributed by atoms with Gasteiger partial charge in [-0.1, -0.05) is 18.2 Å². The van der Waals surface area contributed by atoms with Crippen molar-refractivity contribution in [1.82, 2.24) is 14.9 Å². The maximum Gasteiger partial charge on any atom is 0.224 e. The molecule has 4 rings (SSSR count). The monoisotopic (exact) mass is 309 g/mol. The lowest BCUT2D eigenvalue weighted by molar-refractivity contribution is -0.121. The molecule has 0 fully saturated rings. The van der Waals surface area contributed by atoms with Gasteiger partial charge < -0.3 is 9.88 Å². The average molecular weight is 309 g/mol. The Hall–Kier alpha value is -2.10. The van der Waals surface area contributed by atoms with Gasteiger partial charge in [-0.05, 0) is 48.8 Å². The van der Waals surface area contributed by atoms with E-state index in [-0.39, 0.29) is 11.9 Å². The molecule has 1 amide bonds. The minimum atomic E-state index is 0.134. The fourth-order valence-corrected chi connectivity index (χ4v) is 3.85. The Kier molecular flexibility index (Phi) is 3.90. The van der Waals surface area contributed by atoms with Gasteiger partial charge in [0.05, 0.1) is 6.42 Å². The number of aromatic nitrogens is 2. The van der Waals surface area contributed by atoms with Crippen LogP contribution in [0.25, 0.3) is 0 Å². The van der Waals surface area contributed by atoms with Crippen LogP contribution in [0.1, 0.15) is 41.8 Å². The van der Waals surface area contributed by atoms with Gasteiger partial charge in [-0.15, -0.1) is 0 Å². The number of carbonyl (C=O) groups is 1. The molecule has 0 radical (unpaired) electrons. The summed E-state index contributed by atoms with van der Waals surface area (Å²) in [5.74, 6) is 1.26. The topological polar surface area (TPSA) is 46.9 Å². The molecule has 1 atom stereocenters. The number of amides is 1. The lowest BCUT2D eigenvalue weighted by Gasteiger charge is -2.25. The highest BCUT2D eigenvalue weighted by Crippen LogP contribution is 2.22. The molecule has 1 aliphatic heterocycles. The molecule has 2 aromatic rings. The number of benzene rings is 1. The van der Waals surface area contributed by atoms with E-state index in [4.69, 9.17) is 0 Å². The van der Waals surface area contributed by atoms with Crippen LogP contribution in [0.2, 0.25) is 0 Å². The zero-order valence-electron chi connectivity index (χ0n) is 13.4. The molecule has 2 aliphatic rings. The van der Waals surface area contributed by atoms with E-state index in [0.29, 0.717) is 6.42 Å². The van der Waals surface area contributed by atoms with Gasteiger partial charge in [0.1, 0.15) is 5.82 Å². The van der Waals surface area contributed by atoms with Crippen molar-refractivity contribution in [2.24, 2.45) is 0 Å². The van der Waals surface area contributed by atoms with E-state index in [1.54, 1.807) is 0 Å². The molecule has 0 bridgehead atoms. The smallest absolute Gasteiger partial charge is 0.224 e. The first-order chi connectivity index (χ1) is 11.3. The van der Waals surface area contributed by atoms with Gasteiger partial charge in [0.2, 0.25) is 5.91 Å². The molecule has 120 valence electrons. The number of fused-ring (bicyclic) bond motifs is 2. The quantitative estimate of drug-likeness (QED) is 0.946. The number of rotatable bonds is 3. The normalized spacial score (nSPS) is 19.7. The molecular weight excluding hydrogens is 286 g/mol. The molecule has 0 saturated carbocycles. The Morgan fingerprint density at radius 3 is 3.00 bits per heavy atom. The molecule has 1 N–H and O–H groups in total. The summed E-state index contributed by atoms with van der Waals surface area (Å²) in [6, 6.07) is 6.80. The number of imidazole rings is 1. The van der Waals surface area contributed by atoms with Gasteiger partial charge in [0.25, 0.3) is 0 Å². The lowest BCUT2D eigenvalue weighted by atomic mass is 9.90. The van der Waals surface area contributed by atoms with Crippen molar-refractivity contribution in [1.29, 1.82) is 0 Å². The van der Waals surface area contributed by atoms with E-state index < -0.39 is 0 Å². The molecular formula is C19H23N3O. The third-order valence-corrected chi connectivity index (χ3v) is 5.08. The van der Waals surface area contributed by atoms with E-state index >= 15 is 0 Å². The van der Waals surface area contributed by atoms with Gasteiger partial charge in [-0.3, -0.25) is 4.79 Å². The fourth-order valence-electron chi connectivity index (χ4n) is 3.85. The first-order valence-corrected chi connectivity index (χ1v) is 8.68. The molecule has 1 aromatic carbocycles. The standard InChI is InChI=1S/C19H23N3O/c23-19(21-17-7-8-18-20-9-10-22(18)13-17)12-14-5-6-15-3-1-2-4-16(15)11-14/h5-6,9-11,17H,1-4,7-8,12-13H2,(H,21,23)/t17-/m1/s1. The van der Waals surface area contributed by atoms with Gasteiger partial charge in [-0.25, -0.2) is 4.98 Å². The minimum Gasteiger partial charge on any atom is -0.351 e. The second-order valence-electron chi connectivity index (χ2n) is 6.79. The number of hydrogen-bond donors (Lipinski definition) is 1. The van der Waals surface area contributed by atoms with Crippen molar-refractivity contribution in [3.63, 3.8) is 0 Å². The number of hydrogen-bond acceptors (Lipinski definition) is 2. The second-order valence-corrected chi connectivity index (χ2v) is 6.79. The molecule has 1 aliphatic carbocycles. The number of aryl methyl sites for hydroxylation is 3. The van der Waals surface area contributed by atoms with Crippen LogP contribution in [0.15, 0.2) is 30.6 Å². The summed E-state index contributed by atoms with van der Waals surface area (Å²) < 4.78 is 2.15. The summed E-state index contributed by atoms with van der Waals surface area (Å²) >= 11 is 0. The first-order valence-electron chi connectivity index (χ1n) is 8.68. The molecule has 2 heterocycles. The van der Waals surface area contributed by atoms with Crippen molar-refractivity contribution >= 4 is 5.91 Å². The van der Waals surface area contributed by atoms with Crippen LogP contribution in [-0.4, -0.2) is 21.5 Å². The van der Waals surface area contributed by atoms with Crippen LogP contribution in [0.3, 0.4) is 0 Å². The van der Waals surface area contributed by atoms with Gasteiger partial charge in [0.15, 0.2) is 0 Å². The van der Waals surface area contributed by atoms with Crippen LogP contribution in [0, 0.1) is 0 Å². The molecule has 1 aromatic heterocycles. The Bertz CT molecular complexity index is 719. The number of carbonyl (C=O) groups excluding carboxylic acids is 1. The van der Waals surface area contributed by atoms with E-state index in [1.165, 1.54) is 30.4 Å². The second kappa shape index (κ2) is 6.19. The average Bonchev–Trinajstić information content (AvgIpc) is 3.02. The van der Waals surface area contributed by atoms with Crippen molar-refractivity contribution in [2.75, 3.05) is 0 Å². The molecule has 0 spiro atoms. The largest absolute Gasteiger partial charge is 0.351 e. The van der Waals surface area contributed by atoms with Crippen molar-refractivity contribution in [2.45, 2.75) is 57.5 Å². The highest BCUT2D eigenvalue weighted by molar-refractivity contribution is 5.79. The lowest BCUT2D eigenvalue weighted by Crippen LogP contribution is -2.41. The summed E-state index contributed by atoms with van der Waals surface area (Å²) in [6.07, 6.45) is 11.2. The predicted molar refractivity (Wildman–Crippen MR) is 89.3 cm³/mol. The minimum absolute atomic E-state index is 0.134. The van der Waals surface area contributed by atoms with E-state index in [0.717, 1.165) is 37.2 Å². The Morgan fingerprint density at radius 1 is 1.22 bits per heavy atom. The van der Waals surface area contributed by atoms with Gasteiger partial charge in [0, 0.05) is 31.4 Å². The van der Waals surface area contributed by atoms with Crippen LogP contribution >= 0.6 is 0 Å². The van der Waals surface area contributed by atoms with Crippen molar-refractivity contribution in [3.8, 4) is 0 Å². The maximum atomic E-state index is 12.4. The van der Waals surface area contributed by atoms with E-state index in [9.17, 15) is 4.79 Å². The van der Waals surface area contributed by atoms with E-state index in [1.807, 2.05) is 12.4 Å². The zero-order chi connectivity index (χ0) is 15.6. The Morgan fingerprint density at radius 2 is 2.09 bits per heavy atom. The van der Waals surface area contributed by atoms with Crippen LogP contribution < -0.4 is 5.32 Å². The Balaban J connectivity index is 1.37. The molecule has 4 nitrogen and oxygen atoms in total. The summed E-state index contributed by atoms with van der Waals surface area (Å²) in [7, 11) is 0. The van der Waals surface area contributed by atoms with Crippen LogP contribution in [0.4, 0.5) is 0 Å². The predicted octanol–water partition coefficient (Wildman–Crippen LogP) is 2.44. The summed E-state index contributed by atoms with van der Waals surface area (Å²) in [5, 5.41) is 3.19. The third-order valence-electron chi connectivity index (χ3n) is 5.08. The van der Waals surface area contributed by atoms with Crippen LogP contribution in [0.5, 0.6) is 0 Å². The van der Waals surface area contributed by atoms with Crippen LogP contribution in [-0.2, 0) is 37.0 Å². The van der Waals surface area contributed by atoms with Crippen molar-refractivity contribution in [3.05, 3.63) is 53.1 Å². The number of nitrogens with zero attached hydrogens (tertiary/aromatic N) is 2. The van der Waals surface area contributed by atoms with Crippen molar-refractivity contribution < 1.29 is 4.79 Å². The number of nitrogens with one attached hydrogen (secondary N) is 1. The summed E-state index contributed by atoms with van der Waals surface area (Å²) in [5.41, 5.74) is 4.06. The van der Waals surface area contributed by atoms with Gasteiger partial charge in [-0.2, -0.15) is 0 Å². The van der Waals surface area contributed by atoms with E-state index in [2.05, 4.69) is 33.1 Å². The SMILES string of the molecule is O=C(Cc1ccc2c(c1)CCCC2)N[C@@H]1CCc2nccn2C1. The zero-order valence-corrected chi connectivity index (χ0v) is 13.4. The third kappa shape index (κ3) is 3.16. The molecule has 0 saturated heterocycles. The highest BCUT2D eigenvalue weighted by atomic mass is 16.1. The highest BCUT2D eigenvalue weighted by Gasteiger charge is 2.20.